The van der Waals surface area contributed by atoms with E-state index in [4.69, 9.17) is 9.52 Å². The van der Waals surface area contributed by atoms with E-state index >= 15 is 0 Å². The van der Waals surface area contributed by atoms with Gasteiger partial charge in [0.25, 0.3) is 5.91 Å². The number of hydrogen-bond acceptors (Lipinski definition) is 3. The Kier molecular flexibility index (Phi) is 2.82. The lowest BCUT2D eigenvalue weighted by Gasteiger charge is -2.13. The van der Waals surface area contributed by atoms with E-state index in [9.17, 15) is 9.59 Å². The van der Waals surface area contributed by atoms with Gasteiger partial charge in [0, 0.05) is 12.4 Å². The maximum Gasteiger partial charge on any atom is 0.323 e. The van der Waals surface area contributed by atoms with Gasteiger partial charge in [0.2, 0.25) is 0 Å². The van der Waals surface area contributed by atoms with Crippen molar-refractivity contribution in [3.8, 4) is 0 Å². The maximum atomic E-state index is 12.0. The van der Waals surface area contributed by atoms with E-state index in [2.05, 4.69) is 0 Å². The molecule has 0 unspecified atom stereocenters. The van der Waals surface area contributed by atoms with Crippen LogP contribution in [-0.4, -0.2) is 35.5 Å². The van der Waals surface area contributed by atoms with Crippen molar-refractivity contribution < 1.29 is 19.1 Å². The molecule has 0 aliphatic rings. The lowest BCUT2D eigenvalue weighted by molar-refractivity contribution is -0.137. The molecule has 0 saturated carbocycles. The number of aliphatic carboxylic acids is 1. The monoisotopic (exact) mass is 233 g/mol. The number of para-hydroxylation sites is 1. The highest BCUT2D eigenvalue weighted by Crippen LogP contribution is 2.21. The normalized spacial score (nSPS) is 10.4. The van der Waals surface area contributed by atoms with Crippen molar-refractivity contribution >= 4 is 22.8 Å². The Hall–Kier alpha value is -2.30. The minimum atomic E-state index is -1.05. The van der Waals surface area contributed by atoms with Gasteiger partial charge in [-0.15, -0.1) is 0 Å². The number of carbonyl (C=O) groups excluding carboxylic acids is 1. The van der Waals surface area contributed by atoms with Crippen LogP contribution in [-0.2, 0) is 4.79 Å². The van der Waals surface area contributed by atoms with Crippen LogP contribution < -0.4 is 0 Å². The van der Waals surface area contributed by atoms with Crippen LogP contribution >= 0.6 is 0 Å². The van der Waals surface area contributed by atoms with Crippen LogP contribution in [0.4, 0.5) is 0 Å². The predicted molar refractivity (Wildman–Crippen MR) is 60.8 cm³/mol. The molecule has 1 aromatic carbocycles. The van der Waals surface area contributed by atoms with Crippen LogP contribution in [0, 0.1) is 0 Å². The fourth-order valence-corrected chi connectivity index (χ4v) is 1.62. The number of benzene rings is 1. The van der Waals surface area contributed by atoms with Crippen molar-refractivity contribution in [1.82, 2.24) is 4.90 Å². The minimum Gasteiger partial charge on any atom is -0.480 e. The molecular formula is C12H11NO4. The molecule has 0 saturated heterocycles. The first-order chi connectivity index (χ1) is 8.09. The average Bonchev–Trinajstić information content (AvgIpc) is 2.70. The molecule has 0 aliphatic heterocycles. The summed E-state index contributed by atoms with van der Waals surface area (Å²) in [5, 5.41) is 9.32. The molecule has 5 nitrogen and oxygen atoms in total. The predicted octanol–water partition coefficient (Wildman–Crippen LogP) is 1.59. The van der Waals surface area contributed by atoms with Crippen molar-refractivity contribution in [2.45, 2.75) is 0 Å². The third-order valence-electron chi connectivity index (χ3n) is 2.43. The van der Waals surface area contributed by atoms with E-state index in [1.54, 1.807) is 24.3 Å². The van der Waals surface area contributed by atoms with E-state index in [0.29, 0.717) is 16.5 Å². The number of furan rings is 1. The van der Waals surface area contributed by atoms with E-state index in [1.165, 1.54) is 13.3 Å². The highest BCUT2D eigenvalue weighted by molar-refractivity contribution is 6.06. The molecule has 1 heterocycles. The van der Waals surface area contributed by atoms with Gasteiger partial charge in [0.15, 0.2) is 0 Å². The topological polar surface area (TPSA) is 70.8 Å². The van der Waals surface area contributed by atoms with Gasteiger partial charge in [-0.3, -0.25) is 9.59 Å². The van der Waals surface area contributed by atoms with Crippen molar-refractivity contribution in [3.63, 3.8) is 0 Å². The van der Waals surface area contributed by atoms with Crippen molar-refractivity contribution in [3.05, 3.63) is 36.1 Å². The van der Waals surface area contributed by atoms with E-state index in [1.807, 2.05) is 0 Å². The number of carbonyl (C=O) groups is 2. The van der Waals surface area contributed by atoms with Crippen molar-refractivity contribution in [1.29, 1.82) is 0 Å². The zero-order chi connectivity index (χ0) is 12.4. The summed E-state index contributed by atoms with van der Waals surface area (Å²) in [5.74, 6) is -1.41. The van der Waals surface area contributed by atoms with E-state index in [-0.39, 0.29) is 12.5 Å². The van der Waals surface area contributed by atoms with Gasteiger partial charge < -0.3 is 14.4 Å². The molecule has 2 aromatic rings. The molecular weight excluding hydrogens is 222 g/mol. The summed E-state index contributed by atoms with van der Waals surface area (Å²) in [6.45, 7) is -0.335. The Labute approximate surface area is 97.2 Å². The van der Waals surface area contributed by atoms with Crippen LogP contribution in [0.25, 0.3) is 11.0 Å². The standard InChI is InChI=1S/C12H11NO4/c1-13(6-11(14)15)12(16)9-7-17-10-5-3-2-4-8(9)10/h2-5,7H,6H2,1H3,(H,14,15). The first-order valence-electron chi connectivity index (χ1n) is 5.03. The molecule has 1 N–H and O–H groups in total. The lowest BCUT2D eigenvalue weighted by Crippen LogP contribution is -2.31. The number of rotatable bonds is 3. The zero-order valence-corrected chi connectivity index (χ0v) is 9.21. The SMILES string of the molecule is CN(CC(=O)O)C(=O)c1coc2ccccc12. The number of carboxylic acid groups (broad SMARTS) is 1. The number of nitrogens with zero attached hydrogens (tertiary/aromatic N) is 1. The second kappa shape index (κ2) is 4.29. The molecule has 0 atom stereocenters. The molecule has 0 bridgehead atoms. The highest BCUT2D eigenvalue weighted by atomic mass is 16.4. The fourth-order valence-electron chi connectivity index (χ4n) is 1.62. The molecule has 1 aromatic heterocycles. The maximum absolute atomic E-state index is 12.0. The Morgan fingerprint density at radius 2 is 2.06 bits per heavy atom. The zero-order valence-electron chi connectivity index (χ0n) is 9.21. The van der Waals surface area contributed by atoms with Crippen LogP contribution in [0.15, 0.2) is 34.9 Å². The summed E-state index contributed by atoms with van der Waals surface area (Å²) < 4.78 is 5.23. The number of amides is 1. The summed E-state index contributed by atoms with van der Waals surface area (Å²) in [6.07, 6.45) is 1.35. The Balaban J connectivity index is 2.33. The van der Waals surface area contributed by atoms with Crippen LogP contribution in [0.1, 0.15) is 10.4 Å². The number of fused-ring (bicyclic) bond motifs is 1. The average molecular weight is 233 g/mol. The quantitative estimate of drug-likeness (QED) is 0.873. The summed E-state index contributed by atoms with van der Waals surface area (Å²) in [4.78, 5) is 23.6. The molecule has 0 fully saturated rings. The molecule has 0 spiro atoms. The molecule has 0 aliphatic carbocycles. The van der Waals surface area contributed by atoms with Crippen LogP contribution in [0.5, 0.6) is 0 Å². The molecule has 0 radical (unpaired) electrons. The van der Waals surface area contributed by atoms with Gasteiger partial charge in [-0.2, -0.15) is 0 Å². The third-order valence-corrected chi connectivity index (χ3v) is 2.43. The fraction of sp³-hybridized carbons (Fsp3) is 0.167. The van der Waals surface area contributed by atoms with Gasteiger partial charge in [-0.25, -0.2) is 0 Å². The largest absolute Gasteiger partial charge is 0.480 e. The second-order valence-corrected chi connectivity index (χ2v) is 3.70. The van der Waals surface area contributed by atoms with Gasteiger partial charge in [0.1, 0.15) is 18.4 Å². The summed E-state index contributed by atoms with van der Waals surface area (Å²) in [5.41, 5.74) is 0.990. The van der Waals surface area contributed by atoms with Crippen LogP contribution in [0.2, 0.25) is 0 Å². The van der Waals surface area contributed by atoms with Crippen LogP contribution in [0.3, 0.4) is 0 Å². The Morgan fingerprint density at radius 1 is 1.35 bits per heavy atom. The lowest BCUT2D eigenvalue weighted by atomic mass is 10.1. The van der Waals surface area contributed by atoms with Gasteiger partial charge in [0.05, 0.1) is 5.56 Å². The highest BCUT2D eigenvalue weighted by Gasteiger charge is 2.18. The first-order valence-corrected chi connectivity index (χ1v) is 5.03. The molecule has 1 amide bonds. The molecule has 5 heteroatoms. The summed E-state index contributed by atoms with van der Waals surface area (Å²) in [7, 11) is 1.44. The molecule has 17 heavy (non-hydrogen) atoms. The Morgan fingerprint density at radius 3 is 2.76 bits per heavy atom. The van der Waals surface area contributed by atoms with E-state index < -0.39 is 5.97 Å². The van der Waals surface area contributed by atoms with Gasteiger partial charge in [-0.05, 0) is 6.07 Å². The number of likely N-dealkylation sites (N-methyl/N-ethyl adjacent to an activating group) is 1. The number of hydrogen-bond donors (Lipinski definition) is 1. The summed E-state index contributed by atoms with van der Waals surface area (Å²) >= 11 is 0. The van der Waals surface area contributed by atoms with Crippen molar-refractivity contribution in [2.75, 3.05) is 13.6 Å². The van der Waals surface area contributed by atoms with Gasteiger partial charge >= 0.3 is 5.97 Å². The van der Waals surface area contributed by atoms with E-state index in [0.717, 1.165) is 4.90 Å². The third kappa shape index (κ3) is 2.13. The summed E-state index contributed by atoms with van der Waals surface area (Å²) in [6, 6.07) is 7.12. The van der Waals surface area contributed by atoms with Crippen molar-refractivity contribution in [2.24, 2.45) is 0 Å². The Bertz CT molecular complexity index is 573. The smallest absolute Gasteiger partial charge is 0.323 e. The van der Waals surface area contributed by atoms with Gasteiger partial charge in [-0.1, -0.05) is 18.2 Å². The second-order valence-electron chi connectivity index (χ2n) is 3.70. The number of carboxylic acids is 1. The molecule has 88 valence electrons. The first kappa shape index (κ1) is 11.2. The molecule has 2 rings (SSSR count). The minimum absolute atomic E-state index is 0.335.